The van der Waals surface area contributed by atoms with Crippen LogP contribution in [0.2, 0.25) is 0 Å². The van der Waals surface area contributed by atoms with E-state index in [0.29, 0.717) is 48.9 Å². The van der Waals surface area contributed by atoms with Crippen LogP contribution in [0.5, 0.6) is 0 Å². The summed E-state index contributed by atoms with van der Waals surface area (Å²) in [6, 6.07) is 16.6. The predicted molar refractivity (Wildman–Crippen MR) is 182 cm³/mol. The predicted octanol–water partition coefficient (Wildman–Crippen LogP) is 3.82. The molecule has 1 heterocycles. The second-order valence-electron chi connectivity index (χ2n) is 12.5. The van der Waals surface area contributed by atoms with E-state index < -0.39 is 28.1 Å². The molecule has 6 N–H and O–H groups in total. The standard InChI is InChI=1S/C34H40N6O7S/c1-20-16-26(48(46,47)40(2)3)13-14-27(20)23-8-4-21(5-9-23)17-30(32(42)36-25-12-15-28-29(18-25)39-33(43)38-28)37-31(41)24-10-6-22(7-11-24)19-35-34(44)45/h4-5,8-9,12-16,18,22,24,30,35H,6-7,10-11,17,19H2,1-3H3,(H,36,42)(H,37,41)(H,44,45)(H2,38,39,43)/t22-,24-,30-/m0/s1. The van der Waals surface area contributed by atoms with Crippen LogP contribution in [0.15, 0.2) is 70.4 Å². The number of aryl methyl sites for hydroxylation is 1. The van der Waals surface area contributed by atoms with Gasteiger partial charge >= 0.3 is 11.8 Å². The van der Waals surface area contributed by atoms with Crippen LogP contribution in [0.1, 0.15) is 36.8 Å². The fourth-order valence-corrected chi connectivity index (χ4v) is 7.07. The highest BCUT2D eigenvalue weighted by molar-refractivity contribution is 7.89. The molecule has 0 radical (unpaired) electrons. The Kier molecular flexibility index (Phi) is 10.3. The molecule has 0 bridgehead atoms. The summed E-state index contributed by atoms with van der Waals surface area (Å²) in [7, 11) is -0.588. The van der Waals surface area contributed by atoms with Crippen molar-refractivity contribution >= 4 is 44.7 Å². The van der Waals surface area contributed by atoms with Crippen LogP contribution in [-0.4, -0.2) is 72.4 Å². The number of carbonyl (C=O) groups is 3. The topological polar surface area (TPSA) is 194 Å². The number of hydrogen-bond acceptors (Lipinski definition) is 6. The van der Waals surface area contributed by atoms with Gasteiger partial charge in [0, 0.05) is 38.7 Å². The lowest BCUT2D eigenvalue weighted by Gasteiger charge is -2.29. The van der Waals surface area contributed by atoms with Gasteiger partial charge < -0.3 is 31.0 Å². The maximum atomic E-state index is 13.6. The Morgan fingerprint density at radius 3 is 2.27 bits per heavy atom. The lowest BCUT2D eigenvalue weighted by Crippen LogP contribution is -2.48. The molecule has 5 rings (SSSR count). The number of carbonyl (C=O) groups excluding carboxylic acids is 2. The summed E-state index contributed by atoms with van der Waals surface area (Å²) in [5, 5.41) is 17.1. The van der Waals surface area contributed by atoms with E-state index in [1.165, 1.54) is 18.4 Å². The van der Waals surface area contributed by atoms with Gasteiger partial charge in [-0.2, -0.15) is 0 Å². The molecule has 0 aliphatic heterocycles. The quantitative estimate of drug-likeness (QED) is 0.139. The van der Waals surface area contributed by atoms with Crippen LogP contribution in [0.4, 0.5) is 10.5 Å². The molecule has 0 saturated heterocycles. The van der Waals surface area contributed by atoms with Crippen molar-refractivity contribution in [3.63, 3.8) is 0 Å². The van der Waals surface area contributed by atoms with Crippen molar-refractivity contribution in [1.29, 1.82) is 0 Å². The first-order chi connectivity index (χ1) is 22.8. The molecule has 1 fully saturated rings. The van der Waals surface area contributed by atoms with E-state index in [1.807, 2.05) is 31.2 Å². The van der Waals surface area contributed by atoms with Gasteiger partial charge in [-0.05, 0) is 91.1 Å². The third-order valence-electron chi connectivity index (χ3n) is 8.86. The number of nitrogens with zero attached hydrogens (tertiary/aromatic N) is 1. The monoisotopic (exact) mass is 676 g/mol. The molecule has 3 amide bonds. The van der Waals surface area contributed by atoms with Crippen molar-refractivity contribution in [2.45, 2.75) is 50.0 Å². The summed E-state index contributed by atoms with van der Waals surface area (Å²) in [6.45, 7) is 2.20. The highest BCUT2D eigenvalue weighted by Gasteiger charge is 2.30. The minimum Gasteiger partial charge on any atom is -0.465 e. The van der Waals surface area contributed by atoms with Gasteiger partial charge in [-0.25, -0.2) is 22.3 Å². The molecular weight excluding hydrogens is 636 g/mol. The number of fused-ring (bicyclic) bond motifs is 1. The first kappa shape index (κ1) is 34.4. The molecule has 1 atom stereocenters. The molecule has 1 aliphatic carbocycles. The van der Waals surface area contributed by atoms with E-state index in [0.717, 1.165) is 22.3 Å². The zero-order valence-corrected chi connectivity index (χ0v) is 27.8. The van der Waals surface area contributed by atoms with Gasteiger partial charge in [0.05, 0.1) is 15.9 Å². The maximum absolute atomic E-state index is 13.6. The fourth-order valence-electron chi connectivity index (χ4n) is 6.09. The number of imidazole rings is 1. The lowest BCUT2D eigenvalue weighted by molar-refractivity contribution is -0.130. The molecular formula is C34H40N6O7S. The summed E-state index contributed by atoms with van der Waals surface area (Å²) < 4.78 is 26.3. The van der Waals surface area contributed by atoms with Crippen molar-refractivity contribution in [1.82, 2.24) is 24.9 Å². The van der Waals surface area contributed by atoms with Crippen LogP contribution < -0.4 is 21.6 Å². The average molecular weight is 677 g/mol. The molecule has 1 aromatic heterocycles. The Hall–Kier alpha value is -4.95. The van der Waals surface area contributed by atoms with E-state index >= 15 is 0 Å². The molecule has 254 valence electrons. The molecule has 3 aromatic carbocycles. The summed E-state index contributed by atoms with van der Waals surface area (Å²) >= 11 is 0. The number of carboxylic acid groups (broad SMARTS) is 1. The van der Waals surface area contributed by atoms with Crippen LogP contribution in [0.3, 0.4) is 0 Å². The number of hydrogen-bond donors (Lipinski definition) is 6. The highest BCUT2D eigenvalue weighted by Crippen LogP contribution is 2.30. The molecule has 13 nitrogen and oxygen atoms in total. The second kappa shape index (κ2) is 14.4. The van der Waals surface area contributed by atoms with Gasteiger partial charge in [0.1, 0.15) is 6.04 Å². The number of H-pyrrole nitrogens is 2. The van der Waals surface area contributed by atoms with Crippen molar-refractivity contribution in [3.05, 3.63) is 82.3 Å². The van der Waals surface area contributed by atoms with Gasteiger partial charge in [0.2, 0.25) is 21.8 Å². The molecule has 0 spiro atoms. The molecule has 4 aromatic rings. The van der Waals surface area contributed by atoms with Crippen LogP contribution in [-0.2, 0) is 26.0 Å². The number of sulfonamides is 1. The molecule has 14 heteroatoms. The Morgan fingerprint density at radius 1 is 0.938 bits per heavy atom. The van der Waals surface area contributed by atoms with Gasteiger partial charge in [0.15, 0.2) is 0 Å². The van der Waals surface area contributed by atoms with Crippen LogP contribution in [0, 0.1) is 18.8 Å². The number of aromatic nitrogens is 2. The lowest BCUT2D eigenvalue weighted by atomic mass is 9.81. The van der Waals surface area contributed by atoms with Crippen LogP contribution >= 0.6 is 0 Å². The van der Waals surface area contributed by atoms with Gasteiger partial charge in [0.25, 0.3) is 0 Å². The van der Waals surface area contributed by atoms with E-state index in [4.69, 9.17) is 5.11 Å². The summed E-state index contributed by atoms with van der Waals surface area (Å²) in [5.41, 5.74) is 4.57. The summed E-state index contributed by atoms with van der Waals surface area (Å²) in [4.78, 5) is 55.2. The summed E-state index contributed by atoms with van der Waals surface area (Å²) in [5.74, 6) is -0.787. The number of nitrogens with one attached hydrogen (secondary N) is 5. The molecule has 48 heavy (non-hydrogen) atoms. The minimum absolute atomic E-state index is 0.162. The zero-order valence-electron chi connectivity index (χ0n) is 27.0. The number of benzene rings is 3. The maximum Gasteiger partial charge on any atom is 0.404 e. The molecule has 0 unspecified atom stereocenters. The minimum atomic E-state index is -3.57. The van der Waals surface area contributed by atoms with Crippen LogP contribution in [0.25, 0.3) is 22.2 Å². The average Bonchev–Trinajstić information content (AvgIpc) is 3.43. The summed E-state index contributed by atoms with van der Waals surface area (Å²) in [6.07, 6.45) is 1.72. The first-order valence-corrected chi connectivity index (χ1v) is 17.2. The van der Waals surface area contributed by atoms with Gasteiger partial charge in [-0.1, -0.05) is 30.3 Å². The largest absolute Gasteiger partial charge is 0.465 e. The smallest absolute Gasteiger partial charge is 0.404 e. The van der Waals surface area contributed by atoms with Gasteiger partial charge in [-0.3, -0.25) is 9.59 Å². The number of rotatable bonds is 11. The third kappa shape index (κ3) is 8.12. The Bertz CT molecular complexity index is 1980. The SMILES string of the molecule is Cc1cc(S(=O)(=O)N(C)C)ccc1-c1ccc(C[C@H](NC(=O)[C@H]2CC[C@H](CNC(=O)O)CC2)C(=O)Nc2ccc3[nH]c(=O)[nH]c3c2)cc1. The van der Waals surface area contributed by atoms with Gasteiger partial charge in [-0.15, -0.1) is 0 Å². The van der Waals surface area contributed by atoms with Crippen molar-refractivity contribution in [2.24, 2.45) is 11.8 Å². The van der Waals surface area contributed by atoms with E-state index in [9.17, 15) is 27.6 Å². The highest BCUT2D eigenvalue weighted by atomic mass is 32.2. The number of amides is 3. The third-order valence-corrected chi connectivity index (χ3v) is 10.7. The van der Waals surface area contributed by atoms with E-state index in [1.54, 1.807) is 36.4 Å². The van der Waals surface area contributed by atoms with Crippen molar-refractivity contribution in [2.75, 3.05) is 26.0 Å². The Morgan fingerprint density at radius 2 is 1.62 bits per heavy atom. The Balaban J connectivity index is 1.32. The second-order valence-corrected chi connectivity index (χ2v) is 14.6. The Labute approximate surface area is 278 Å². The number of aromatic amines is 2. The van der Waals surface area contributed by atoms with E-state index in [-0.39, 0.29) is 34.7 Å². The van der Waals surface area contributed by atoms with Crippen molar-refractivity contribution in [3.8, 4) is 11.1 Å². The number of anilines is 1. The normalized spacial score (nSPS) is 17.2. The zero-order chi connectivity index (χ0) is 34.6. The van der Waals surface area contributed by atoms with E-state index in [2.05, 4.69) is 25.9 Å². The molecule has 1 saturated carbocycles. The fraction of sp³-hybridized carbons (Fsp3) is 0.353. The van der Waals surface area contributed by atoms with Crippen molar-refractivity contribution < 1.29 is 27.9 Å². The molecule has 1 aliphatic rings. The first-order valence-electron chi connectivity index (χ1n) is 15.7.